The van der Waals surface area contributed by atoms with E-state index in [1.54, 1.807) is 41.9 Å². The van der Waals surface area contributed by atoms with Gasteiger partial charge in [0.2, 0.25) is 5.95 Å². The van der Waals surface area contributed by atoms with Crippen molar-refractivity contribution in [1.29, 1.82) is 0 Å². The first-order valence-electron chi connectivity index (χ1n) is 6.11. The van der Waals surface area contributed by atoms with Gasteiger partial charge in [-0.05, 0) is 42.3 Å². The van der Waals surface area contributed by atoms with Crippen LogP contribution >= 0.6 is 11.6 Å². The average Bonchev–Trinajstić information content (AvgIpc) is 2.77. The third-order valence-electron chi connectivity index (χ3n) is 3.21. The number of hydrogen-bond donors (Lipinski definition) is 2. The summed E-state index contributed by atoms with van der Waals surface area (Å²) in [5.74, 6) is -0.813. The van der Waals surface area contributed by atoms with E-state index in [2.05, 4.69) is 10.1 Å². The molecule has 2 heterocycles. The molecule has 0 aliphatic carbocycles. The van der Waals surface area contributed by atoms with Crippen LogP contribution in [-0.4, -0.2) is 25.7 Å². The van der Waals surface area contributed by atoms with Crippen molar-refractivity contribution in [3.05, 3.63) is 46.6 Å². The van der Waals surface area contributed by atoms with Gasteiger partial charge >= 0.3 is 5.97 Å². The number of aromatic nitrogens is 3. The summed E-state index contributed by atoms with van der Waals surface area (Å²) in [6.07, 6.45) is 1.70. The van der Waals surface area contributed by atoms with E-state index < -0.39 is 5.97 Å². The van der Waals surface area contributed by atoms with Crippen LogP contribution in [0.1, 0.15) is 15.9 Å². The van der Waals surface area contributed by atoms with Crippen molar-refractivity contribution < 1.29 is 9.90 Å². The number of fused-ring (bicyclic) bond motifs is 1. The van der Waals surface area contributed by atoms with Gasteiger partial charge in [-0.1, -0.05) is 11.6 Å². The van der Waals surface area contributed by atoms with Crippen LogP contribution in [0.15, 0.2) is 30.5 Å². The van der Waals surface area contributed by atoms with E-state index in [1.807, 2.05) is 0 Å². The van der Waals surface area contributed by atoms with Gasteiger partial charge in [-0.25, -0.2) is 9.31 Å². The topological polar surface area (TPSA) is 93.5 Å². The molecule has 21 heavy (non-hydrogen) atoms. The smallest absolute Gasteiger partial charge is 0.335 e. The molecular weight excluding hydrogens is 292 g/mol. The van der Waals surface area contributed by atoms with Crippen molar-refractivity contribution in [3.8, 4) is 11.1 Å². The maximum atomic E-state index is 11.2. The minimum Gasteiger partial charge on any atom is -0.478 e. The molecule has 2 aromatic heterocycles. The molecule has 3 N–H and O–H groups in total. The quantitative estimate of drug-likeness (QED) is 0.759. The van der Waals surface area contributed by atoms with Crippen LogP contribution < -0.4 is 5.73 Å². The molecule has 3 rings (SSSR count). The molecule has 0 unspecified atom stereocenters. The second kappa shape index (κ2) is 4.75. The van der Waals surface area contributed by atoms with E-state index >= 15 is 0 Å². The highest BCUT2D eigenvalue weighted by Gasteiger charge is 2.13. The summed E-state index contributed by atoms with van der Waals surface area (Å²) in [7, 11) is 0. The SMILES string of the molecule is Cc1cc(Cl)c(-c2ccn3nc(N)nc3c2)cc1C(=O)O. The molecule has 0 fully saturated rings. The minimum absolute atomic E-state index is 0.174. The van der Waals surface area contributed by atoms with Crippen molar-refractivity contribution in [1.82, 2.24) is 14.6 Å². The van der Waals surface area contributed by atoms with Crippen LogP contribution in [0, 0.1) is 6.92 Å². The Morgan fingerprint density at radius 2 is 2.14 bits per heavy atom. The summed E-state index contributed by atoms with van der Waals surface area (Å²) in [6, 6.07) is 6.74. The summed E-state index contributed by atoms with van der Waals surface area (Å²) in [6.45, 7) is 1.71. The van der Waals surface area contributed by atoms with Crippen LogP contribution in [0.2, 0.25) is 5.02 Å². The normalized spacial score (nSPS) is 11.0. The summed E-state index contributed by atoms with van der Waals surface area (Å²) >= 11 is 6.24. The van der Waals surface area contributed by atoms with E-state index in [1.165, 1.54) is 0 Å². The number of nitrogens with zero attached hydrogens (tertiary/aromatic N) is 3. The minimum atomic E-state index is -0.988. The number of aryl methyl sites for hydroxylation is 1. The fraction of sp³-hybridized carbons (Fsp3) is 0.0714. The van der Waals surface area contributed by atoms with Gasteiger partial charge in [0.25, 0.3) is 0 Å². The van der Waals surface area contributed by atoms with E-state index in [9.17, 15) is 9.90 Å². The van der Waals surface area contributed by atoms with Gasteiger partial charge in [-0.2, -0.15) is 4.98 Å². The third-order valence-corrected chi connectivity index (χ3v) is 3.52. The van der Waals surface area contributed by atoms with Gasteiger partial charge in [-0.15, -0.1) is 5.10 Å². The first-order valence-corrected chi connectivity index (χ1v) is 6.49. The Balaban J connectivity index is 2.21. The molecule has 0 saturated heterocycles. The standard InChI is InChI=1S/C14H11ClN4O2/c1-7-4-11(15)10(6-9(7)13(20)21)8-2-3-19-12(5-8)17-14(16)18-19/h2-6H,1H3,(H2,16,18)(H,20,21). The number of halogens is 1. The molecule has 7 heteroatoms. The van der Waals surface area contributed by atoms with Gasteiger partial charge in [-0.3, -0.25) is 0 Å². The number of aromatic carboxylic acids is 1. The lowest BCUT2D eigenvalue weighted by atomic mass is 10.0. The Labute approximate surface area is 124 Å². The lowest BCUT2D eigenvalue weighted by Gasteiger charge is -2.09. The number of pyridine rings is 1. The van der Waals surface area contributed by atoms with Gasteiger partial charge in [0.1, 0.15) is 0 Å². The maximum absolute atomic E-state index is 11.2. The largest absolute Gasteiger partial charge is 0.478 e. The predicted molar refractivity (Wildman–Crippen MR) is 79.5 cm³/mol. The second-order valence-corrected chi connectivity index (χ2v) is 5.05. The van der Waals surface area contributed by atoms with Crippen LogP contribution in [-0.2, 0) is 0 Å². The van der Waals surface area contributed by atoms with E-state index in [4.69, 9.17) is 17.3 Å². The fourth-order valence-electron chi connectivity index (χ4n) is 2.19. The summed E-state index contributed by atoms with van der Waals surface area (Å²) < 4.78 is 1.54. The Hall–Kier alpha value is -2.60. The lowest BCUT2D eigenvalue weighted by molar-refractivity contribution is 0.0696. The average molecular weight is 303 g/mol. The molecule has 0 bridgehead atoms. The van der Waals surface area contributed by atoms with Crippen molar-refractivity contribution in [2.75, 3.05) is 5.73 Å². The molecule has 0 radical (unpaired) electrons. The van der Waals surface area contributed by atoms with Crippen molar-refractivity contribution >= 4 is 29.2 Å². The predicted octanol–water partition coefficient (Wildman–Crippen LogP) is 2.64. The summed E-state index contributed by atoms with van der Waals surface area (Å²) in [5, 5.41) is 13.7. The Bertz CT molecular complexity index is 873. The molecule has 0 aliphatic rings. The zero-order valence-electron chi connectivity index (χ0n) is 11.0. The lowest BCUT2D eigenvalue weighted by Crippen LogP contribution is -2.00. The van der Waals surface area contributed by atoms with E-state index in [0.717, 1.165) is 5.56 Å². The van der Waals surface area contributed by atoms with Crippen LogP contribution in [0.25, 0.3) is 16.8 Å². The number of rotatable bonds is 2. The Morgan fingerprint density at radius 1 is 1.38 bits per heavy atom. The van der Waals surface area contributed by atoms with E-state index in [0.29, 0.717) is 21.8 Å². The molecule has 0 aliphatic heterocycles. The van der Waals surface area contributed by atoms with Crippen LogP contribution in [0.5, 0.6) is 0 Å². The Kier molecular flexibility index (Phi) is 3.03. The maximum Gasteiger partial charge on any atom is 0.335 e. The molecule has 106 valence electrons. The number of carbonyl (C=O) groups is 1. The van der Waals surface area contributed by atoms with Crippen molar-refractivity contribution in [3.63, 3.8) is 0 Å². The zero-order chi connectivity index (χ0) is 15.1. The fourth-order valence-corrected chi connectivity index (χ4v) is 2.52. The van der Waals surface area contributed by atoms with Crippen LogP contribution in [0.4, 0.5) is 5.95 Å². The van der Waals surface area contributed by atoms with Gasteiger partial charge in [0, 0.05) is 16.8 Å². The van der Waals surface area contributed by atoms with Gasteiger partial charge in [0.05, 0.1) is 5.56 Å². The first kappa shape index (κ1) is 13.4. The van der Waals surface area contributed by atoms with Crippen molar-refractivity contribution in [2.24, 2.45) is 0 Å². The highest BCUT2D eigenvalue weighted by molar-refractivity contribution is 6.33. The molecule has 6 nitrogen and oxygen atoms in total. The second-order valence-electron chi connectivity index (χ2n) is 4.64. The number of hydrogen-bond acceptors (Lipinski definition) is 4. The number of benzene rings is 1. The van der Waals surface area contributed by atoms with Crippen LogP contribution in [0.3, 0.4) is 0 Å². The molecule has 0 spiro atoms. The molecule has 3 aromatic rings. The first-order chi connectivity index (χ1) is 9.95. The number of anilines is 1. The highest BCUT2D eigenvalue weighted by Crippen LogP contribution is 2.31. The molecule has 0 atom stereocenters. The van der Waals surface area contributed by atoms with Crippen molar-refractivity contribution in [2.45, 2.75) is 6.92 Å². The van der Waals surface area contributed by atoms with Gasteiger partial charge in [0.15, 0.2) is 5.65 Å². The number of nitrogens with two attached hydrogens (primary N) is 1. The molecular formula is C14H11ClN4O2. The molecule has 0 saturated carbocycles. The number of nitrogen functional groups attached to an aromatic ring is 1. The summed E-state index contributed by atoms with van der Waals surface area (Å²) in [4.78, 5) is 15.3. The third kappa shape index (κ3) is 2.30. The number of carboxylic acids is 1. The zero-order valence-corrected chi connectivity index (χ0v) is 11.8. The van der Waals surface area contributed by atoms with Gasteiger partial charge < -0.3 is 10.8 Å². The monoisotopic (exact) mass is 302 g/mol. The Morgan fingerprint density at radius 3 is 2.86 bits per heavy atom. The molecule has 0 amide bonds. The summed E-state index contributed by atoms with van der Waals surface area (Å²) in [5.41, 5.74) is 8.33. The van der Waals surface area contributed by atoms with E-state index in [-0.39, 0.29) is 11.5 Å². The highest BCUT2D eigenvalue weighted by atomic mass is 35.5. The molecule has 1 aromatic carbocycles. The number of carboxylic acid groups (broad SMARTS) is 1.